The number of rotatable bonds is 6. The topological polar surface area (TPSA) is 46.3 Å². The molecule has 0 atom stereocenters. The van der Waals surface area contributed by atoms with Crippen LogP contribution in [0, 0.1) is 11.6 Å². The van der Waals surface area contributed by atoms with Gasteiger partial charge in [-0.1, -0.05) is 17.7 Å². The molecule has 2 N–H and O–H groups in total. The first-order chi connectivity index (χ1) is 10.5. The van der Waals surface area contributed by atoms with Crippen molar-refractivity contribution in [2.45, 2.75) is 13.0 Å². The second-order valence-electron chi connectivity index (χ2n) is 4.85. The van der Waals surface area contributed by atoms with Crippen LogP contribution in [-0.4, -0.2) is 12.5 Å². The Balaban J connectivity index is 2.23. The van der Waals surface area contributed by atoms with Gasteiger partial charge in [-0.2, -0.15) is 0 Å². The quantitative estimate of drug-likeness (QED) is 0.884. The highest BCUT2D eigenvalue weighted by Crippen LogP contribution is 2.23. The molecule has 22 heavy (non-hydrogen) atoms. The smallest absolute Gasteiger partial charge is 0.219 e. The molecule has 0 saturated heterocycles. The van der Waals surface area contributed by atoms with E-state index in [1.807, 2.05) is 4.90 Å². The number of amides is 1. The fourth-order valence-corrected chi connectivity index (χ4v) is 2.28. The zero-order chi connectivity index (χ0) is 16.1. The third-order valence-corrected chi connectivity index (χ3v) is 3.55. The number of carbonyl (C=O) groups excluding carboxylic acids is 1. The minimum atomic E-state index is -0.433. The molecular formula is C16H15ClF2N2O. The predicted octanol–water partition coefficient (Wildman–Crippen LogP) is 3.50. The summed E-state index contributed by atoms with van der Waals surface area (Å²) in [5.74, 6) is -1.20. The van der Waals surface area contributed by atoms with Crippen molar-refractivity contribution in [1.29, 1.82) is 0 Å². The summed E-state index contributed by atoms with van der Waals surface area (Å²) in [7, 11) is 0. The Morgan fingerprint density at radius 1 is 1.09 bits per heavy atom. The zero-order valence-electron chi connectivity index (χ0n) is 11.7. The van der Waals surface area contributed by atoms with Gasteiger partial charge in [0, 0.05) is 30.2 Å². The highest BCUT2D eigenvalue weighted by Gasteiger charge is 2.12. The lowest BCUT2D eigenvalue weighted by Crippen LogP contribution is -2.27. The molecule has 0 aromatic heterocycles. The van der Waals surface area contributed by atoms with Crippen LogP contribution >= 0.6 is 11.6 Å². The molecule has 1 amide bonds. The van der Waals surface area contributed by atoms with E-state index in [4.69, 9.17) is 17.3 Å². The van der Waals surface area contributed by atoms with Gasteiger partial charge >= 0.3 is 0 Å². The average Bonchev–Trinajstić information content (AvgIpc) is 2.46. The molecule has 0 bridgehead atoms. The standard InChI is InChI=1S/C16H15ClF2N2O/c17-15-9-13(19)2-1-11(15)10-21(8-7-16(20)22)14-5-3-12(18)4-6-14/h1-6,9H,7-8,10H2,(H2,20,22). The van der Waals surface area contributed by atoms with Crippen LogP contribution in [0.5, 0.6) is 0 Å². The molecule has 0 aliphatic rings. The SMILES string of the molecule is NC(=O)CCN(Cc1ccc(F)cc1Cl)c1ccc(F)cc1. The van der Waals surface area contributed by atoms with E-state index in [0.717, 1.165) is 5.69 Å². The van der Waals surface area contributed by atoms with Crippen molar-refractivity contribution < 1.29 is 13.6 Å². The summed E-state index contributed by atoms with van der Waals surface area (Å²) in [6.07, 6.45) is 0.149. The van der Waals surface area contributed by atoms with Gasteiger partial charge in [-0.3, -0.25) is 4.79 Å². The monoisotopic (exact) mass is 324 g/mol. The van der Waals surface area contributed by atoms with Crippen LogP contribution in [0.3, 0.4) is 0 Å². The Labute approximate surface area is 132 Å². The summed E-state index contributed by atoms with van der Waals surface area (Å²) < 4.78 is 26.1. The lowest BCUT2D eigenvalue weighted by Gasteiger charge is -2.25. The number of hydrogen-bond acceptors (Lipinski definition) is 2. The van der Waals surface area contributed by atoms with Crippen molar-refractivity contribution in [3.8, 4) is 0 Å². The number of benzene rings is 2. The molecule has 0 aliphatic carbocycles. The number of primary amides is 1. The number of nitrogens with two attached hydrogens (primary N) is 1. The zero-order valence-corrected chi connectivity index (χ0v) is 12.5. The molecule has 0 saturated carbocycles. The molecule has 0 unspecified atom stereocenters. The van der Waals surface area contributed by atoms with Gasteiger partial charge in [0.15, 0.2) is 0 Å². The minimum Gasteiger partial charge on any atom is -0.370 e. The highest BCUT2D eigenvalue weighted by atomic mass is 35.5. The average molecular weight is 325 g/mol. The fraction of sp³-hybridized carbons (Fsp3) is 0.188. The third-order valence-electron chi connectivity index (χ3n) is 3.20. The number of carbonyl (C=O) groups is 1. The maximum atomic E-state index is 13.1. The van der Waals surface area contributed by atoms with E-state index in [1.165, 1.54) is 24.3 Å². The van der Waals surface area contributed by atoms with E-state index in [0.29, 0.717) is 23.7 Å². The van der Waals surface area contributed by atoms with Crippen LogP contribution in [0.25, 0.3) is 0 Å². The Kier molecular flexibility index (Phi) is 5.33. The normalized spacial score (nSPS) is 10.5. The summed E-state index contributed by atoms with van der Waals surface area (Å²) in [4.78, 5) is 12.8. The first-order valence-electron chi connectivity index (χ1n) is 6.68. The van der Waals surface area contributed by atoms with Gasteiger partial charge in [-0.05, 0) is 42.0 Å². The molecule has 116 valence electrons. The lowest BCUT2D eigenvalue weighted by atomic mass is 10.1. The maximum absolute atomic E-state index is 13.1. The largest absolute Gasteiger partial charge is 0.370 e. The van der Waals surface area contributed by atoms with Crippen molar-refractivity contribution >= 4 is 23.2 Å². The fourth-order valence-electron chi connectivity index (χ4n) is 2.05. The van der Waals surface area contributed by atoms with E-state index in [-0.39, 0.29) is 12.2 Å². The third kappa shape index (κ3) is 4.43. The number of nitrogens with zero attached hydrogens (tertiary/aromatic N) is 1. The summed E-state index contributed by atoms with van der Waals surface area (Å²) >= 11 is 6.03. The molecule has 0 aliphatic heterocycles. The Morgan fingerprint density at radius 3 is 2.32 bits per heavy atom. The molecule has 6 heteroatoms. The lowest BCUT2D eigenvalue weighted by molar-refractivity contribution is -0.117. The molecule has 2 aromatic rings. The Morgan fingerprint density at radius 2 is 1.73 bits per heavy atom. The van der Waals surface area contributed by atoms with Gasteiger partial charge in [0.2, 0.25) is 5.91 Å². The van der Waals surface area contributed by atoms with Crippen molar-refractivity contribution in [2.24, 2.45) is 5.73 Å². The molecule has 2 rings (SSSR count). The van der Waals surface area contributed by atoms with Crippen molar-refractivity contribution in [1.82, 2.24) is 0 Å². The molecule has 0 spiro atoms. The predicted molar refractivity (Wildman–Crippen MR) is 82.7 cm³/mol. The first kappa shape index (κ1) is 16.2. The van der Waals surface area contributed by atoms with E-state index in [9.17, 15) is 13.6 Å². The van der Waals surface area contributed by atoms with E-state index >= 15 is 0 Å². The van der Waals surface area contributed by atoms with Crippen molar-refractivity contribution in [3.05, 3.63) is 64.7 Å². The van der Waals surface area contributed by atoms with Gasteiger partial charge in [0.05, 0.1) is 0 Å². The summed E-state index contributed by atoms with van der Waals surface area (Å²) in [6, 6.07) is 10.0. The summed E-state index contributed by atoms with van der Waals surface area (Å²) in [5, 5.41) is 0.297. The second-order valence-corrected chi connectivity index (χ2v) is 5.26. The van der Waals surface area contributed by atoms with Crippen LogP contribution in [-0.2, 0) is 11.3 Å². The van der Waals surface area contributed by atoms with E-state index in [1.54, 1.807) is 18.2 Å². The maximum Gasteiger partial charge on any atom is 0.219 e. The van der Waals surface area contributed by atoms with Crippen molar-refractivity contribution in [3.63, 3.8) is 0 Å². The second kappa shape index (κ2) is 7.22. The van der Waals surface area contributed by atoms with Gasteiger partial charge in [-0.25, -0.2) is 8.78 Å². The molecule has 2 aromatic carbocycles. The van der Waals surface area contributed by atoms with Crippen LogP contribution in [0.2, 0.25) is 5.02 Å². The first-order valence-corrected chi connectivity index (χ1v) is 7.06. The molecule has 0 radical (unpaired) electrons. The molecule has 0 heterocycles. The number of anilines is 1. The van der Waals surface area contributed by atoms with E-state index in [2.05, 4.69) is 0 Å². The van der Waals surface area contributed by atoms with Gasteiger partial charge in [0.25, 0.3) is 0 Å². The highest BCUT2D eigenvalue weighted by molar-refractivity contribution is 6.31. The minimum absolute atomic E-state index is 0.149. The van der Waals surface area contributed by atoms with E-state index < -0.39 is 11.7 Å². The molecular weight excluding hydrogens is 310 g/mol. The van der Waals surface area contributed by atoms with Crippen LogP contribution in [0.15, 0.2) is 42.5 Å². The molecule has 3 nitrogen and oxygen atoms in total. The van der Waals surface area contributed by atoms with Gasteiger partial charge in [0.1, 0.15) is 11.6 Å². The molecule has 0 fully saturated rings. The Hall–Kier alpha value is -2.14. The summed E-state index contributed by atoms with van der Waals surface area (Å²) in [6.45, 7) is 0.715. The van der Waals surface area contributed by atoms with Crippen LogP contribution in [0.4, 0.5) is 14.5 Å². The van der Waals surface area contributed by atoms with Crippen LogP contribution < -0.4 is 10.6 Å². The number of halogens is 3. The Bertz CT molecular complexity index is 662. The number of hydrogen-bond donors (Lipinski definition) is 1. The van der Waals surface area contributed by atoms with Crippen LogP contribution in [0.1, 0.15) is 12.0 Å². The summed E-state index contributed by atoms with van der Waals surface area (Å²) in [5.41, 5.74) is 6.62. The van der Waals surface area contributed by atoms with Crippen molar-refractivity contribution in [2.75, 3.05) is 11.4 Å². The van der Waals surface area contributed by atoms with Gasteiger partial charge in [-0.15, -0.1) is 0 Å². The van der Waals surface area contributed by atoms with Gasteiger partial charge < -0.3 is 10.6 Å².